The topological polar surface area (TPSA) is 107 Å². The minimum absolute atomic E-state index is 0.0633. The summed E-state index contributed by atoms with van der Waals surface area (Å²) in [6.07, 6.45) is 4.71. The fourth-order valence-corrected chi connectivity index (χ4v) is 4.48. The molecule has 28 heavy (non-hydrogen) atoms. The van der Waals surface area contributed by atoms with Crippen LogP contribution in [-0.4, -0.2) is 39.6 Å². The molecule has 1 aromatic heterocycles. The zero-order valence-electron chi connectivity index (χ0n) is 15.8. The van der Waals surface area contributed by atoms with Gasteiger partial charge in [-0.1, -0.05) is 30.8 Å². The summed E-state index contributed by atoms with van der Waals surface area (Å²) in [5.74, 6) is -0.241. The van der Waals surface area contributed by atoms with E-state index in [0.29, 0.717) is 30.2 Å². The van der Waals surface area contributed by atoms with Crippen LogP contribution >= 0.6 is 0 Å². The average molecular weight is 379 g/mol. The zero-order chi connectivity index (χ0) is 19.8. The number of aryl methyl sites for hydroxylation is 1. The van der Waals surface area contributed by atoms with Gasteiger partial charge in [-0.25, -0.2) is 4.68 Å². The molecule has 2 unspecified atom stereocenters. The fourth-order valence-electron chi connectivity index (χ4n) is 4.48. The molecule has 0 radical (unpaired) electrons. The lowest BCUT2D eigenvalue weighted by atomic mass is 9.81. The van der Waals surface area contributed by atoms with Crippen LogP contribution in [0.3, 0.4) is 0 Å². The molecule has 1 saturated heterocycles. The Balaban J connectivity index is 1.66. The van der Waals surface area contributed by atoms with Crippen molar-refractivity contribution in [3.05, 3.63) is 59.3 Å². The van der Waals surface area contributed by atoms with Crippen LogP contribution in [0.2, 0.25) is 0 Å². The van der Waals surface area contributed by atoms with Gasteiger partial charge in [-0.05, 0) is 42.9 Å². The predicted octanol–water partition coefficient (Wildman–Crippen LogP) is 1.80. The van der Waals surface area contributed by atoms with Crippen molar-refractivity contribution in [2.24, 2.45) is 5.73 Å². The van der Waals surface area contributed by atoms with Crippen molar-refractivity contribution in [1.82, 2.24) is 14.7 Å². The second-order valence-electron chi connectivity index (χ2n) is 7.59. The molecule has 1 aromatic carbocycles. The van der Waals surface area contributed by atoms with Gasteiger partial charge in [-0.3, -0.25) is 9.59 Å². The summed E-state index contributed by atoms with van der Waals surface area (Å²) in [7, 11) is 0. The number of primary amides is 1. The number of fused-ring (bicyclic) bond motifs is 1. The third-order valence-corrected chi connectivity index (χ3v) is 5.95. The highest BCUT2D eigenvalue weighted by molar-refractivity contribution is 5.98. The molecule has 0 bridgehead atoms. The van der Waals surface area contributed by atoms with E-state index in [1.54, 1.807) is 9.58 Å². The summed E-state index contributed by atoms with van der Waals surface area (Å²) >= 11 is 0. The van der Waals surface area contributed by atoms with Crippen molar-refractivity contribution in [3.8, 4) is 0 Å². The Morgan fingerprint density at radius 3 is 2.68 bits per heavy atom. The van der Waals surface area contributed by atoms with E-state index in [4.69, 9.17) is 16.6 Å². The molecule has 2 amide bonds. The van der Waals surface area contributed by atoms with Crippen LogP contribution in [0.4, 0.5) is 5.82 Å². The number of rotatable bonds is 4. The molecule has 0 spiro atoms. The van der Waals surface area contributed by atoms with E-state index >= 15 is 0 Å². The molecule has 7 nitrogen and oxygen atoms in total. The van der Waals surface area contributed by atoms with E-state index in [2.05, 4.69) is 24.8 Å². The minimum Gasteiger partial charge on any atom is -0.383 e. The van der Waals surface area contributed by atoms with Crippen molar-refractivity contribution in [2.45, 2.75) is 37.6 Å². The molecule has 2 atom stereocenters. The number of carbonyl (C=O) groups is 2. The van der Waals surface area contributed by atoms with Gasteiger partial charge < -0.3 is 16.4 Å². The summed E-state index contributed by atoms with van der Waals surface area (Å²) in [4.78, 5) is 25.8. The first kappa shape index (κ1) is 18.3. The van der Waals surface area contributed by atoms with Crippen LogP contribution in [0.25, 0.3) is 0 Å². The maximum Gasteiger partial charge on any atom is 0.254 e. The number of carbonyl (C=O) groups excluding carboxylic acids is 2. The monoisotopic (exact) mass is 379 g/mol. The summed E-state index contributed by atoms with van der Waals surface area (Å²) in [6, 6.07) is 8.30. The third-order valence-electron chi connectivity index (χ3n) is 5.95. The van der Waals surface area contributed by atoms with E-state index in [9.17, 15) is 9.59 Å². The summed E-state index contributed by atoms with van der Waals surface area (Å²) in [6.45, 7) is 4.66. The van der Waals surface area contributed by atoms with Gasteiger partial charge in [-0.2, -0.15) is 5.10 Å². The fraction of sp³-hybridized carbons (Fsp3) is 0.381. The van der Waals surface area contributed by atoms with Gasteiger partial charge in [0.1, 0.15) is 11.4 Å². The Hall–Kier alpha value is -3.09. The van der Waals surface area contributed by atoms with E-state index in [0.717, 1.165) is 25.7 Å². The molecular formula is C21H25N5O2. The Kier molecular flexibility index (Phi) is 4.66. The van der Waals surface area contributed by atoms with Gasteiger partial charge in [-0.15, -0.1) is 0 Å². The molecular weight excluding hydrogens is 354 g/mol. The number of nitrogen functional groups attached to an aromatic ring is 1. The lowest BCUT2D eigenvalue weighted by molar-refractivity contribution is -0.125. The normalized spacial score (nSPS) is 21.4. The molecule has 0 saturated carbocycles. The summed E-state index contributed by atoms with van der Waals surface area (Å²) in [5, 5.41) is 4.76. The minimum atomic E-state index is -0.547. The van der Waals surface area contributed by atoms with Crippen molar-refractivity contribution < 1.29 is 9.59 Å². The highest BCUT2D eigenvalue weighted by atomic mass is 16.2. The van der Waals surface area contributed by atoms with Crippen molar-refractivity contribution in [2.75, 3.05) is 18.8 Å². The number of anilines is 1. The van der Waals surface area contributed by atoms with Crippen LogP contribution in [0, 0.1) is 0 Å². The van der Waals surface area contributed by atoms with Crippen molar-refractivity contribution in [1.29, 1.82) is 0 Å². The molecule has 4 N–H and O–H groups in total. The Bertz CT molecular complexity index is 948. The van der Waals surface area contributed by atoms with Gasteiger partial charge in [0.05, 0.1) is 11.7 Å². The first-order valence-corrected chi connectivity index (χ1v) is 9.65. The second kappa shape index (κ2) is 7.14. The zero-order valence-corrected chi connectivity index (χ0v) is 15.8. The van der Waals surface area contributed by atoms with E-state index in [-0.39, 0.29) is 17.9 Å². The molecule has 2 aromatic rings. The average Bonchev–Trinajstić information content (AvgIpc) is 3.31. The molecule has 146 valence electrons. The van der Waals surface area contributed by atoms with E-state index in [1.165, 1.54) is 17.2 Å². The van der Waals surface area contributed by atoms with Crippen molar-refractivity contribution in [3.63, 3.8) is 0 Å². The molecule has 1 aliphatic heterocycles. The number of aromatic nitrogens is 2. The number of nitrogens with zero attached hydrogens (tertiary/aromatic N) is 3. The van der Waals surface area contributed by atoms with Gasteiger partial charge >= 0.3 is 0 Å². The lowest BCUT2D eigenvalue weighted by Crippen LogP contribution is -2.27. The maximum absolute atomic E-state index is 12.2. The van der Waals surface area contributed by atoms with Crippen LogP contribution in [0.1, 0.15) is 52.0 Å². The van der Waals surface area contributed by atoms with E-state index < -0.39 is 5.91 Å². The first-order chi connectivity index (χ1) is 13.5. The number of nitrogens with two attached hydrogens (primary N) is 2. The molecule has 4 rings (SSSR count). The van der Waals surface area contributed by atoms with Gasteiger partial charge in [0.2, 0.25) is 5.91 Å². The SMILES string of the molecule is C=CC(=O)N1CCC(n2nc(C3CCc4ccccc4C3)c(C(N)=O)c2N)C1. The molecule has 2 aliphatic rings. The van der Waals surface area contributed by atoms with E-state index in [1.807, 2.05) is 6.07 Å². The number of benzene rings is 1. The molecule has 2 heterocycles. The Morgan fingerprint density at radius 1 is 1.21 bits per heavy atom. The van der Waals surface area contributed by atoms with Gasteiger partial charge in [0, 0.05) is 19.0 Å². The highest BCUT2D eigenvalue weighted by Gasteiger charge is 2.34. The summed E-state index contributed by atoms with van der Waals surface area (Å²) in [5.41, 5.74) is 15.6. The first-order valence-electron chi connectivity index (χ1n) is 9.65. The second-order valence-corrected chi connectivity index (χ2v) is 7.59. The van der Waals surface area contributed by atoms with Crippen molar-refractivity contribution >= 4 is 17.6 Å². The molecule has 1 fully saturated rings. The van der Waals surface area contributed by atoms with Gasteiger partial charge in [0.15, 0.2) is 0 Å². The van der Waals surface area contributed by atoms with Crippen LogP contribution in [0.15, 0.2) is 36.9 Å². The molecule has 1 aliphatic carbocycles. The Labute approximate surface area is 164 Å². The van der Waals surface area contributed by atoms with Gasteiger partial charge in [0.25, 0.3) is 5.91 Å². The molecule has 7 heteroatoms. The largest absolute Gasteiger partial charge is 0.383 e. The Morgan fingerprint density at radius 2 is 1.96 bits per heavy atom. The quantitative estimate of drug-likeness (QED) is 0.790. The predicted molar refractivity (Wildman–Crippen MR) is 107 cm³/mol. The number of hydrogen-bond acceptors (Lipinski definition) is 4. The third kappa shape index (κ3) is 3.06. The standard InChI is InChI=1S/C21H25N5O2/c1-2-17(27)25-10-9-16(12-25)26-20(22)18(21(23)28)19(24-26)15-8-7-13-5-3-4-6-14(13)11-15/h2-6,15-16H,1,7-12,22H2,(H2,23,28). The smallest absolute Gasteiger partial charge is 0.254 e. The lowest BCUT2D eigenvalue weighted by Gasteiger charge is -2.23. The highest BCUT2D eigenvalue weighted by Crippen LogP contribution is 2.37. The number of hydrogen-bond donors (Lipinski definition) is 2. The van der Waals surface area contributed by atoms with Crippen LogP contribution in [0.5, 0.6) is 0 Å². The number of amides is 2. The van der Waals surface area contributed by atoms with Crippen LogP contribution < -0.4 is 11.5 Å². The summed E-state index contributed by atoms with van der Waals surface area (Å²) < 4.78 is 1.70. The maximum atomic E-state index is 12.2. The van der Waals surface area contributed by atoms with Crippen LogP contribution in [-0.2, 0) is 17.6 Å². The number of likely N-dealkylation sites (tertiary alicyclic amines) is 1.